The van der Waals surface area contributed by atoms with Crippen LogP contribution < -0.4 is 5.32 Å². The highest BCUT2D eigenvalue weighted by molar-refractivity contribution is 7.10. The van der Waals surface area contributed by atoms with E-state index in [1.54, 1.807) is 6.92 Å². The highest BCUT2D eigenvalue weighted by Crippen LogP contribution is 2.18. The second kappa shape index (κ2) is 5.99. The van der Waals surface area contributed by atoms with Crippen LogP contribution in [0, 0.1) is 0 Å². The Kier molecular flexibility index (Phi) is 4.93. The summed E-state index contributed by atoms with van der Waals surface area (Å²) in [4.78, 5) is 2.03. The largest absolute Gasteiger partial charge is 0.392 e. The van der Waals surface area contributed by atoms with Gasteiger partial charge < -0.3 is 10.4 Å². The molecule has 1 atom stereocenters. The Labute approximate surface area is 94.3 Å². The van der Waals surface area contributed by atoms with Crippen LogP contribution in [0.15, 0.2) is 0 Å². The fourth-order valence-corrected chi connectivity index (χ4v) is 2.02. The summed E-state index contributed by atoms with van der Waals surface area (Å²) in [6.45, 7) is 6.05. The van der Waals surface area contributed by atoms with E-state index in [2.05, 4.69) is 14.9 Å². The first-order valence-electron chi connectivity index (χ1n) is 5.05. The molecule has 0 aliphatic heterocycles. The van der Waals surface area contributed by atoms with Crippen molar-refractivity contribution in [3.63, 3.8) is 0 Å². The zero-order valence-corrected chi connectivity index (χ0v) is 10.2. The van der Waals surface area contributed by atoms with E-state index in [4.69, 9.17) is 0 Å². The van der Waals surface area contributed by atoms with Crippen molar-refractivity contribution in [1.29, 1.82) is 0 Å². The highest BCUT2D eigenvalue weighted by Gasteiger charge is 2.10. The lowest BCUT2D eigenvalue weighted by molar-refractivity contribution is 0.138. The van der Waals surface area contributed by atoms with Crippen LogP contribution in [-0.4, -0.2) is 45.8 Å². The van der Waals surface area contributed by atoms with Crippen molar-refractivity contribution in [1.82, 2.24) is 14.5 Å². The number of aliphatic hydroxyl groups excluding tert-OH is 1. The van der Waals surface area contributed by atoms with Crippen LogP contribution in [0.25, 0.3) is 0 Å². The van der Waals surface area contributed by atoms with Gasteiger partial charge in [0.25, 0.3) is 0 Å². The van der Waals surface area contributed by atoms with E-state index in [-0.39, 0.29) is 6.10 Å². The van der Waals surface area contributed by atoms with Crippen LogP contribution in [-0.2, 0) is 6.54 Å². The van der Waals surface area contributed by atoms with E-state index in [0.29, 0.717) is 13.1 Å². The van der Waals surface area contributed by atoms with Crippen LogP contribution in [0.4, 0.5) is 5.00 Å². The lowest BCUT2D eigenvalue weighted by Gasteiger charge is -2.17. The number of hydrogen-bond donors (Lipinski definition) is 2. The monoisotopic (exact) mass is 230 g/mol. The zero-order valence-electron chi connectivity index (χ0n) is 9.40. The Balaban J connectivity index is 2.51. The van der Waals surface area contributed by atoms with Gasteiger partial charge in [0.05, 0.1) is 6.10 Å². The molecule has 1 aromatic heterocycles. The molecule has 0 aliphatic carbocycles. The summed E-state index contributed by atoms with van der Waals surface area (Å²) in [6.07, 6.45) is -0.316. The van der Waals surface area contributed by atoms with Crippen molar-refractivity contribution in [2.75, 3.05) is 25.5 Å². The van der Waals surface area contributed by atoms with Gasteiger partial charge in [-0.15, -0.1) is 5.10 Å². The maximum Gasteiger partial charge on any atom is 0.134 e. The second-order valence-corrected chi connectivity index (χ2v) is 4.38. The first kappa shape index (κ1) is 12.4. The molecule has 0 saturated carbocycles. The first-order valence-corrected chi connectivity index (χ1v) is 5.82. The minimum Gasteiger partial charge on any atom is -0.392 e. The molecule has 1 unspecified atom stereocenters. The number of aromatic nitrogens is 2. The zero-order chi connectivity index (χ0) is 11.3. The topological polar surface area (TPSA) is 61.3 Å². The van der Waals surface area contributed by atoms with Gasteiger partial charge in [0.1, 0.15) is 10.7 Å². The normalized spacial score (nSPS) is 13.1. The molecule has 0 aromatic carbocycles. The van der Waals surface area contributed by atoms with Gasteiger partial charge in [0, 0.05) is 31.2 Å². The molecule has 1 rings (SSSR count). The smallest absolute Gasteiger partial charge is 0.134 e. The van der Waals surface area contributed by atoms with Crippen LogP contribution in [0.5, 0.6) is 0 Å². The van der Waals surface area contributed by atoms with E-state index < -0.39 is 0 Å². The number of nitrogens with one attached hydrogen (secondary N) is 1. The molecule has 1 aromatic rings. The minimum atomic E-state index is -0.316. The second-order valence-electron chi connectivity index (χ2n) is 3.62. The first-order chi connectivity index (χ1) is 7.13. The predicted molar refractivity (Wildman–Crippen MR) is 62.1 cm³/mol. The van der Waals surface area contributed by atoms with E-state index in [1.807, 2.05) is 18.9 Å². The Morgan fingerprint density at radius 3 is 2.93 bits per heavy atom. The molecule has 6 heteroatoms. The summed E-state index contributed by atoms with van der Waals surface area (Å²) in [5.74, 6) is 0. The van der Waals surface area contributed by atoms with Crippen LogP contribution in [0.2, 0.25) is 0 Å². The number of anilines is 1. The average Bonchev–Trinajstić information content (AvgIpc) is 2.52. The van der Waals surface area contributed by atoms with Crippen molar-refractivity contribution in [2.45, 2.75) is 26.5 Å². The highest BCUT2D eigenvalue weighted by atomic mass is 32.1. The van der Waals surface area contributed by atoms with Gasteiger partial charge in [-0.3, -0.25) is 4.90 Å². The predicted octanol–water partition coefficient (Wildman–Crippen LogP) is 0.782. The van der Waals surface area contributed by atoms with E-state index >= 15 is 0 Å². The Hall–Kier alpha value is -0.720. The maximum atomic E-state index is 9.23. The summed E-state index contributed by atoms with van der Waals surface area (Å²) < 4.78 is 3.91. The summed E-state index contributed by atoms with van der Waals surface area (Å²) >= 11 is 1.37. The molecule has 0 fully saturated rings. The van der Waals surface area contributed by atoms with Crippen LogP contribution >= 0.6 is 11.5 Å². The summed E-state index contributed by atoms with van der Waals surface area (Å²) in [5, 5.41) is 17.5. The third kappa shape index (κ3) is 4.11. The van der Waals surface area contributed by atoms with Crippen LogP contribution in [0.1, 0.15) is 19.5 Å². The summed E-state index contributed by atoms with van der Waals surface area (Å²) in [5.41, 5.74) is 0.949. The lowest BCUT2D eigenvalue weighted by atomic mass is 10.3. The van der Waals surface area contributed by atoms with Crippen molar-refractivity contribution in [3.8, 4) is 0 Å². The SMILES string of the molecule is CCNc1snnc1CN(C)CC(C)O. The molecule has 86 valence electrons. The molecule has 1 heterocycles. The molecule has 0 spiro atoms. The van der Waals surface area contributed by atoms with Gasteiger partial charge >= 0.3 is 0 Å². The molecule has 0 aliphatic rings. The quantitative estimate of drug-likeness (QED) is 0.756. The molecule has 15 heavy (non-hydrogen) atoms. The third-order valence-corrected chi connectivity index (χ3v) is 2.61. The number of hydrogen-bond acceptors (Lipinski definition) is 6. The third-order valence-electron chi connectivity index (χ3n) is 1.89. The van der Waals surface area contributed by atoms with Gasteiger partial charge in [0.15, 0.2) is 0 Å². The van der Waals surface area contributed by atoms with Crippen molar-refractivity contribution in [2.24, 2.45) is 0 Å². The van der Waals surface area contributed by atoms with Gasteiger partial charge in [-0.1, -0.05) is 4.49 Å². The Morgan fingerprint density at radius 1 is 1.60 bits per heavy atom. The summed E-state index contributed by atoms with van der Waals surface area (Å²) in [7, 11) is 1.96. The fourth-order valence-electron chi connectivity index (χ4n) is 1.38. The lowest BCUT2D eigenvalue weighted by Crippen LogP contribution is -2.27. The van der Waals surface area contributed by atoms with Crippen LogP contribution in [0.3, 0.4) is 0 Å². The fraction of sp³-hybridized carbons (Fsp3) is 0.778. The van der Waals surface area contributed by atoms with Gasteiger partial charge in [-0.2, -0.15) is 0 Å². The molecule has 0 saturated heterocycles. The Morgan fingerprint density at radius 2 is 2.33 bits per heavy atom. The van der Waals surface area contributed by atoms with E-state index in [9.17, 15) is 5.11 Å². The molecular weight excluding hydrogens is 212 g/mol. The number of aliphatic hydroxyl groups is 1. The minimum absolute atomic E-state index is 0.316. The van der Waals surface area contributed by atoms with Crippen molar-refractivity contribution >= 4 is 16.5 Å². The summed E-state index contributed by atoms with van der Waals surface area (Å²) in [6, 6.07) is 0. The number of rotatable bonds is 6. The van der Waals surface area contributed by atoms with Crippen molar-refractivity contribution < 1.29 is 5.11 Å². The molecule has 5 nitrogen and oxygen atoms in total. The molecule has 0 amide bonds. The van der Waals surface area contributed by atoms with E-state index in [1.165, 1.54) is 11.5 Å². The molecular formula is C9H18N4OS. The Bertz CT molecular complexity index is 289. The standard InChI is InChI=1S/C9H18N4OS/c1-4-10-9-8(11-12-15-9)6-13(3)5-7(2)14/h7,10,14H,4-6H2,1-3H3. The molecule has 2 N–H and O–H groups in total. The number of nitrogens with zero attached hydrogens (tertiary/aromatic N) is 3. The van der Waals surface area contributed by atoms with E-state index in [0.717, 1.165) is 17.2 Å². The molecule has 0 radical (unpaired) electrons. The van der Waals surface area contributed by atoms with Crippen molar-refractivity contribution in [3.05, 3.63) is 5.69 Å². The number of likely N-dealkylation sites (N-methyl/N-ethyl adjacent to an activating group) is 1. The van der Waals surface area contributed by atoms with Gasteiger partial charge in [-0.05, 0) is 20.9 Å². The average molecular weight is 230 g/mol. The maximum absolute atomic E-state index is 9.23. The van der Waals surface area contributed by atoms with Gasteiger partial charge in [0.2, 0.25) is 0 Å². The van der Waals surface area contributed by atoms with Gasteiger partial charge in [-0.25, -0.2) is 0 Å². The molecule has 0 bridgehead atoms.